The molecule has 0 aromatic heterocycles. The molecule has 1 aliphatic rings. The minimum atomic E-state index is -3.20. The number of likely N-dealkylation sites (tertiary alicyclic amines) is 1. The molecule has 0 unspecified atom stereocenters. The van der Waals surface area contributed by atoms with Crippen LogP contribution in [0.5, 0.6) is 0 Å². The molecule has 1 N–H and O–H groups in total. The second-order valence-corrected chi connectivity index (χ2v) is 5.46. The Morgan fingerprint density at radius 2 is 1.94 bits per heavy atom. The van der Waals surface area contributed by atoms with Gasteiger partial charge < -0.3 is 14.7 Å². The molecule has 18 heavy (non-hydrogen) atoms. The molecule has 0 radical (unpaired) electrons. The molecule has 1 aliphatic heterocycles. The Balaban J connectivity index is 2.76. The number of halogens is 2. The van der Waals surface area contributed by atoms with E-state index in [4.69, 9.17) is 9.84 Å². The van der Waals surface area contributed by atoms with Crippen LogP contribution in [0.1, 0.15) is 27.2 Å². The van der Waals surface area contributed by atoms with Crippen LogP contribution in [0.2, 0.25) is 0 Å². The Kier molecular flexibility index (Phi) is 3.83. The summed E-state index contributed by atoms with van der Waals surface area (Å²) in [6.07, 6.45) is -1.66. The summed E-state index contributed by atoms with van der Waals surface area (Å²) in [5.41, 5.74) is -0.803. The van der Waals surface area contributed by atoms with Crippen molar-refractivity contribution in [2.24, 2.45) is 5.92 Å². The van der Waals surface area contributed by atoms with E-state index < -0.39 is 42.5 Å². The average Bonchev–Trinajstić information content (AvgIpc) is 2.12. The van der Waals surface area contributed by atoms with E-state index in [1.54, 1.807) is 20.8 Å². The average molecular weight is 265 g/mol. The quantitative estimate of drug-likeness (QED) is 0.787. The van der Waals surface area contributed by atoms with Gasteiger partial charge >= 0.3 is 12.1 Å². The first-order valence-corrected chi connectivity index (χ1v) is 5.59. The van der Waals surface area contributed by atoms with Crippen LogP contribution in [0, 0.1) is 5.92 Å². The van der Waals surface area contributed by atoms with Gasteiger partial charge in [-0.15, -0.1) is 0 Å². The second kappa shape index (κ2) is 4.70. The van der Waals surface area contributed by atoms with Gasteiger partial charge in [-0.1, -0.05) is 0 Å². The number of carboxylic acid groups (broad SMARTS) is 1. The number of piperidine rings is 1. The fourth-order valence-corrected chi connectivity index (χ4v) is 1.73. The normalized spacial score (nSPS) is 23.6. The molecule has 0 spiro atoms. The molecule has 0 saturated carbocycles. The molecular weight excluding hydrogens is 248 g/mol. The van der Waals surface area contributed by atoms with E-state index in [2.05, 4.69) is 0 Å². The molecule has 1 atom stereocenters. The van der Waals surface area contributed by atoms with Crippen molar-refractivity contribution < 1.29 is 28.2 Å². The Hall–Kier alpha value is -1.40. The molecule has 5 nitrogen and oxygen atoms in total. The van der Waals surface area contributed by atoms with Crippen LogP contribution in [0.3, 0.4) is 0 Å². The molecule has 0 bridgehead atoms. The first-order valence-electron chi connectivity index (χ1n) is 5.59. The van der Waals surface area contributed by atoms with Gasteiger partial charge in [0.1, 0.15) is 5.60 Å². The van der Waals surface area contributed by atoms with Crippen LogP contribution < -0.4 is 0 Å². The number of carbonyl (C=O) groups excluding carboxylic acids is 1. The minimum absolute atomic E-state index is 0.250. The van der Waals surface area contributed by atoms with Gasteiger partial charge in [0.05, 0.1) is 12.5 Å². The number of rotatable bonds is 1. The lowest BCUT2D eigenvalue weighted by Gasteiger charge is -2.36. The highest BCUT2D eigenvalue weighted by molar-refractivity contribution is 5.73. The molecule has 104 valence electrons. The van der Waals surface area contributed by atoms with Gasteiger partial charge in [0.25, 0.3) is 5.92 Å². The summed E-state index contributed by atoms with van der Waals surface area (Å²) in [4.78, 5) is 23.2. The third kappa shape index (κ3) is 4.12. The molecule has 1 saturated heterocycles. The molecular formula is C11H17F2NO4. The van der Waals surface area contributed by atoms with E-state index in [1.165, 1.54) is 0 Å². The van der Waals surface area contributed by atoms with Crippen molar-refractivity contribution in [2.45, 2.75) is 38.7 Å². The van der Waals surface area contributed by atoms with E-state index >= 15 is 0 Å². The fraction of sp³-hybridized carbons (Fsp3) is 0.818. The van der Waals surface area contributed by atoms with E-state index in [-0.39, 0.29) is 6.54 Å². The van der Waals surface area contributed by atoms with E-state index in [9.17, 15) is 18.4 Å². The van der Waals surface area contributed by atoms with Crippen LogP contribution >= 0.6 is 0 Å². The lowest BCUT2D eigenvalue weighted by atomic mass is 9.96. The van der Waals surface area contributed by atoms with Crippen molar-refractivity contribution in [3.63, 3.8) is 0 Å². The summed E-state index contributed by atoms with van der Waals surface area (Å²) in [6.45, 7) is 3.79. The van der Waals surface area contributed by atoms with Crippen LogP contribution in [-0.2, 0) is 9.53 Å². The van der Waals surface area contributed by atoms with Gasteiger partial charge in [-0.25, -0.2) is 13.6 Å². The van der Waals surface area contributed by atoms with Crippen LogP contribution in [0.25, 0.3) is 0 Å². The second-order valence-electron chi connectivity index (χ2n) is 5.46. The fourth-order valence-electron chi connectivity index (χ4n) is 1.73. The van der Waals surface area contributed by atoms with Gasteiger partial charge in [-0.3, -0.25) is 4.79 Å². The molecule has 1 fully saturated rings. The zero-order valence-corrected chi connectivity index (χ0v) is 10.6. The number of carboxylic acids is 1. The van der Waals surface area contributed by atoms with Crippen molar-refractivity contribution in [1.29, 1.82) is 0 Å². The first kappa shape index (κ1) is 14.7. The van der Waals surface area contributed by atoms with Gasteiger partial charge in [-0.05, 0) is 20.8 Å². The topological polar surface area (TPSA) is 66.8 Å². The summed E-state index contributed by atoms with van der Waals surface area (Å²) in [5, 5.41) is 8.79. The van der Waals surface area contributed by atoms with Crippen molar-refractivity contribution in [1.82, 2.24) is 4.90 Å². The predicted octanol–water partition coefficient (Wildman–Crippen LogP) is 1.96. The van der Waals surface area contributed by atoms with Gasteiger partial charge in [0.15, 0.2) is 0 Å². The number of nitrogens with zero attached hydrogens (tertiary/aromatic N) is 1. The van der Waals surface area contributed by atoms with E-state index in [0.717, 1.165) is 4.90 Å². The summed E-state index contributed by atoms with van der Waals surface area (Å²) >= 11 is 0. The summed E-state index contributed by atoms with van der Waals surface area (Å²) in [6, 6.07) is 0. The maximum absolute atomic E-state index is 13.3. The number of aliphatic carboxylic acids is 1. The minimum Gasteiger partial charge on any atom is -0.481 e. The molecule has 7 heteroatoms. The molecule has 0 aromatic rings. The zero-order valence-electron chi connectivity index (χ0n) is 10.6. The molecule has 0 aromatic carbocycles. The number of carbonyl (C=O) groups is 2. The first-order chi connectivity index (χ1) is 8.00. The Morgan fingerprint density at radius 3 is 2.39 bits per heavy atom. The highest BCUT2D eigenvalue weighted by Gasteiger charge is 2.45. The van der Waals surface area contributed by atoms with E-state index in [0.29, 0.717) is 0 Å². The van der Waals surface area contributed by atoms with E-state index in [1.807, 2.05) is 0 Å². The third-order valence-corrected chi connectivity index (χ3v) is 2.41. The monoisotopic (exact) mass is 265 g/mol. The number of hydrogen-bond acceptors (Lipinski definition) is 3. The van der Waals surface area contributed by atoms with Crippen molar-refractivity contribution in [3.8, 4) is 0 Å². The maximum Gasteiger partial charge on any atom is 0.410 e. The Labute approximate surface area is 104 Å². The van der Waals surface area contributed by atoms with Gasteiger partial charge in [0.2, 0.25) is 0 Å². The highest BCUT2D eigenvalue weighted by atomic mass is 19.3. The highest BCUT2D eigenvalue weighted by Crippen LogP contribution is 2.31. The molecule has 0 aliphatic carbocycles. The van der Waals surface area contributed by atoms with Gasteiger partial charge in [-0.2, -0.15) is 0 Å². The smallest absolute Gasteiger partial charge is 0.410 e. The molecule has 1 heterocycles. The molecule has 1 rings (SSSR count). The lowest BCUT2D eigenvalue weighted by Crippen LogP contribution is -2.52. The van der Waals surface area contributed by atoms with Crippen LogP contribution in [0.15, 0.2) is 0 Å². The third-order valence-electron chi connectivity index (χ3n) is 2.41. The number of alkyl halides is 2. The summed E-state index contributed by atoms with van der Waals surface area (Å²) in [5.74, 6) is -5.79. The van der Waals surface area contributed by atoms with Crippen molar-refractivity contribution in [2.75, 3.05) is 13.1 Å². The standard InChI is InChI=1S/C11H17F2NO4/c1-10(2,3)18-9(17)14-5-7(8(15)16)4-11(12,13)6-14/h7H,4-6H2,1-3H3,(H,15,16)/t7-/m0/s1. The van der Waals surface area contributed by atoms with Crippen molar-refractivity contribution in [3.05, 3.63) is 0 Å². The largest absolute Gasteiger partial charge is 0.481 e. The SMILES string of the molecule is CC(C)(C)OC(=O)N1C[C@@H](C(=O)O)CC(F)(F)C1. The maximum atomic E-state index is 13.3. The lowest BCUT2D eigenvalue weighted by molar-refractivity contribution is -0.152. The predicted molar refractivity (Wildman–Crippen MR) is 58.5 cm³/mol. The van der Waals surface area contributed by atoms with Gasteiger partial charge in [0, 0.05) is 13.0 Å². The zero-order chi connectivity index (χ0) is 14.1. The molecule has 1 amide bonds. The summed E-state index contributed by atoms with van der Waals surface area (Å²) < 4.78 is 31.7. The number of amides is 1. The number of hydrogen-bond donors (Lipinski definition) is 1. The van der Waals surface area contributed by atoms with Crippen LogP contribution in [-0.4, -0.2) is 46.7 Å². The van der Waals surface area contributed by atoms with Crippen LogP contribution in [0.4, 0.5) is 13.6 Å². The Bertz CT molecular complexity index is 351. The Morgan fingerprint density at radius 1 is 1.39 bits per heavy atom. The number of ether oxygens (including phenoxy) is 1. The summed E-state index contributed by atoms with van der Waals surface area (Å²) in [7, 11) is 0. The van der Waals surface area contributed by atoms with Crippen molar-refractivity contribution >= 4 is 12.1 Å².